The smallest absolute Gasteiger partial charge is 0.254 e. The number of hydrogen-bond donors (Lipinski definition) is 0. The molecular weight excluding hydrogens is 376 g/mol. The molecule has 154 valence electrons. The summed E-state index contributed by atoms with van der Waals surface area (Å²) in [7, 11) is 0. The van der Waals surface area contributed by atoms with Crippen molar-refractivity contribution in [1.29, 1.82) is 0 Å². The minimum atomic E-state index is -0.00415. The number of carbonyl (C=O) groups excluding carboxylic acids is 1. The molecule has 3 aromatic rings. The van der Waals surface area contributed by atoms with Gasteiger partial charge in [-0.1, -0.05) is 30.3 Å². The Hall–Kier alpha value is -3.34. The summed E-state index contributed by atoms with van der Waals surface area (Å²) in [5, 5.41) is 0. The van der Waals surface area contributed by atoms with E-state index >= 15 is 0 Å². The van der Waals surface area contributed by atoms with Crippen molar-refractivity contribution >= 4 is 5.91 Å². The molecule has 2 aromatic carbocycles. The minimum absolute atomic E-state index is 0.00415. The predicted molar refractivity (Wildman–Crippen MR) is 116 cm³/mol. The Morgan fingerprint density at radius 1 is 0.900 bits per heavy atom. The topological polar surface area (TPSA) is 51.7 Å². The number of ether oxygens (including phenoxy) is 2. The van der Waals surface area contributed by atoms with Gasteiger partial charge in [-0.3, -0.25) is 9.78 Å². The molecule has 0 unspecified atom stereocenters. The fraction of sp³-hybridized carbons (Fsp3) is 0.280. The van der Waals surface area contributed by atoms with Gasteiger partial charge in [-0.15, -0.1) is 0 Å². The van der Waals surface area contributed by atoms with Crippen LogP contribution in [-0.4, -0.2) is 35.5 Å². The van der Waals surface area contributed by atoms with Crippen molar-refractivity contribution in [3.8, 4) is 11.5 Å². The third-order valence-corrected chi connectivity index (χ3v) is 5.14. The molecule has 2 heterocycles. The number of fused-ring (bicyclic) bond motifs is 1. The average Bonchev–Trinajstić information content (AvgIpc) is 3.04. The normalized spacial score (nSPS) is 12.8. The van der Waals surface area contributed by atoms with Crippen LogP contribution >= 0.6 is 0 Å². The molecule has 0 saturated heterocycles. The third-order valence-electron chi connectivity index (χ3n) is 5.14. The van der Waals surface area contributed by atoms with Crippen LogP contribution in [0.5, 0.6) is 11.5 Å². The van der Waals surface area contributed by atoms with Gasteiger partial charge in [0.1, 0.15) is 0 Å². The Bertz CT molecular complexity index is 961. The molecule has 0 fully saturated rings. The first-order valence-electron chi connectivity index (χ1n) is 10.4. The van der Waals surface area contributed by atoms with Crippen LogP contribution in [0.3, 0.4) is 0 Å². The molecule has 0 saturated carbocycles. The van der Waals surface area contributed by atoms with Crippen LogP contribution in [0.15, 0.2) is 73.1 Å². The van der Waals surface area contributed by atoms with Crippen LogP contribution in [-0.2, 0) is 13.0 Å². The molecule has 4 rings (SSSR count). The molecule has 0 radical (unpaired) electrons. The lowest BCUT2D eigenvalue weighted by molar-refractivity contribution is 0.0740. The summed E-state index contributed by atoms with van der Waals surface area (Å²) in [5.41, 5.74) is 2.96. The number of carbonyl (C=O) groups is 1. The van der Waals surface area contributed by atoms with E-state index in [0.717, 1.165) is 24.8 Å². The van der Waals surface area contributed by atoms with E-state index in [1.807, 2.05) is 47.4 Å². The molecule has 0 spiro atoms. The molecule has 1 aromatic heterocycles. The molecule has 1 aliphatic rings. The number of amides is 1. The SMILES string of the molecule is O=C(c1ccc2c(c1)OCCCO2)N(CCCc1ccccc1)Cc1ccncc1. The molecule has 0 atom stereocenters. The van der Waals surface area contributed by atoms with Gasteiger partial charge in [0.05, 0.1) is 13.2 Å². The molecule has 30 heavy (non-hydrogen) atoms. The van der Waals surface area contributed by atoms with Gasteiger partial charge in [0.25, 0.3) is 5.91 Å². The minimum Gasteiger partial charge on any atom is -0.490 e. The van der Waals surface area contributed by atoms with Crippen LogP contribution < -0.4 is 9.47 Å². The number of benzene rings is 2. The van der Waals surface area contributed by atoms with Crippen molar-refractivity contribution in [2.75, 3.05) is 19.8 Å². The van der Waals surface area contributed by atoms with Crippen LogP contribution in [0.25, 0.3) is 0 Å². The fourth-order valence-electron chi connectivity index (χ4n) is 3.56. The fourth-order valence-corrected chi connectivity index (χ4v) is 3.56. The molecule has 0 aliphatic carbocycles. The van der Waals surface area contributed by atoms with Gasteiger partial charge in [-0.05, 0) is 54.3 Å². The van der Waals surface area contributed by atoms with Gasteiger partial charge >= 0.3 is 0 Å². The Morgan fingerprint density at radius 2 is 1.67 bits per heavy atom. The number of nitrogens with zero attached hydrogens (tertiary/aromatic N) is 2. The average molecular weight is 402 g/mol. The van der Waals surface area contributed by atoms with E-state index in [-0.39, 0.29) is 5.91 Å². The second kappa shape index (κ2) is 9.92. The number of rotatable bonds is 7. The molecule has 1 amide bonds. The van der Waals surface area contributed by atoms with Gasteiger partial charge < -0.3 is 14.4 Å². The summed E-state index contributed by atoms with van der Waals surface area (Å²) < 4.78 is 11.5. The van der Waals surface area contributed by atoms with Gasteiger partial charge in [-0.25, -0.2) is 0 Å². The lowest BCUT2D eigenvalue weighted by atomic mass is 10.1. The van der Waals surface area contributed by atoms with Gasteiger partial charge in [0.15, 0.2) is 11.5 Å². The maximum atomic E-state index is 13.4. The summed E-state index contributed by atoms with van der Waals surface area (Å²) >= 11 is 0. The summed E-state index contributed by atoms with van der Waals surface area (Å²) in [5.74, 6) is 1.34. The highest BCUT2D eigenvalue weighted by molar-refractivity contribution is 5.95. The Morgan fingerprint density at radius 3 is 2.47 bits per heavy atom. The highest BCUT2D eigenvalue weighted by Crippen LogP contribution is 2.31. The Labute approximate surface area is 177 Å². The van der Waals surface area contributed by atoms with Crippen molar-refractivity contribution in [3.05, 3.63) is 89.7 Å². The van der Waals surface area contributed by atoms with E-state index in [2.05, 4.69) is 17.1 Å². The highest BCUT2D eigenvalue weighted by Gasteiger charge is 2.19. The maximum absolute atomic E-state index is 13.4. The highest BCUT2D eigenvalue weighted by atomic mass is 16.5. The molecule has 0 bridgehead atoms. The van der Waals surface area contributed by atoms with Crippen LogP contribution in [0, 0.1) is 0 Å². The zero-order chi connectivity index (χ0) is 20.6. The molecular formula is C25H26N2O3. The number of hydrogen-bond acceptors (Lipinski definition) is 4. The summed E-state index contributed by atoms with van der Waals surface area (Å²) in [4.78, 5) is 19.4. The van der Waals surface area contributed by atoms with Crippen molar-refractivity contribution in [2.24, 2.45) is 0 Å². The second-order valence-corrected chi connectivity index (χ2v) is 7.38. The van der Waals surface area contributed by atoms with Crippen molar-refractivity contribution in [2.45, 2.75) is 25.8 Å². The summed E-state index contributed by atoms with van der Waals surface area (Å²) in [6.07, 6.45) is 6.18. The molecule has 0 N–H and O–H groups in total. The van der Waals surface area contributed by atoms with E-state index in [9.17, 15) is 4.79 Å². The van der Waals surface area contributed by atoms with Crippen LogP contribution in [0.4, 0.5) is 0 Å². The monoisotopic (exact) mass is 402 g/mol. The van der Waals surface area contributed by atoms with E-state index in [1.54, 1.807) is 18.5 Å². The number of pyridine rings is 1. The molecule has 1 aliphatic heterocycles. The third kappa shape index (κ3) is 5.17. The first kappa shape index (κ1) is 20.0. The van der Waals surface area contributed by atoms with Crippen LogP contribution in [0.2, 0.25) is 0 Å². The molecule has 5 heteroatoms. The Balaban J connectivity index is 1.50. The molecule has 5 nitrogen and oxygen atoms in total. The number of aryl methyl sites for hydroxylation is 1. The summed E-state index contributed by atoms with van der Waals surface area (Å²) in [6.45, 7) is 2.45. The van der Waals surface area contributed by atoms with E-state index < -0.39 is 0 Å². The van der Waals surface area contributed by atoms with Gasteiger partial charge in [0.2, 0.25) is 0 Å². The standard InChI is InChI=1S/C25H26N2O3/c28-25(22-9-10-23-24(18-22)30-17-5-16-29-23)27(19-21-11-13-26-14-12-21)15-4-8-20-6-2-1-3-7-20/h1-3,6-7,9-14,18H,4-5,8,15-17,19H2. The van der Waals surface area contributed by atoms with Crippen molar-refractivity contribution in [3.63, 3.8) is 0 Å². The lowest BCUT2D eigenvalue weighted by Gasteiger charge is -2.23. The van der Waals surface area contributed by atoms with Crippen molar-refractivity contribution < 1.29 is 14.3 Å². The zero-order valence-electron chi connectivity index (χ0n) is 17.0. The largest absolute Gasteiger partial charge is 0.490 e. The lowest BCUT2D eigenvalue weighted by Crippen LogP contribution is -2.31. The zero-order valence-corrected chi connectivity index (χ0v) is 17.0. The van der Waals surface area contributed by atoms with E-state index in [0.29, 0.717) is 43.4 Å². The van der Waals surface area contributed by atoms with Crippen LogP contribution in [0.1, 0.15) is 34.3 Å². The Kier molecular flexibility index (Phi) is 6.60. The first-order valence-corrected chi connectivity index (χ1v) is 10.4. The van der Waals surface area contributed by atoms with Gasteiger partial charge in [-0.2, -0.15) is 0 Å². The van der Waals surface area contributed by atoms with Gasteiger partial charge in [0, 0.05) is 37.5 Å². The predicted octanol–water partition coefficient (Wildman–Crippen LogP) is 4.52. The quantitative estimate of drug-likeness (QED) is 0.583. The van der Waals surface area contributed by atoms with E-state index in [1.165, 1.54) is 5.56 Å². The first-order chi connectivity index (χ1) is 14.8. The van der Waals surface area contributed by atoms with Crippen molar-refractivity contribution in [1.82, 2.24) is 9.88 Å². The summed E-state index contributed by atoms with van der Waals surface area (Å²) in [6, 6.07) is 19.7. The second-order valence-electron chi connectivity index (χ2n) is 7.38. The van der Waals surface area contributed by atoms with E-state index in [4.69, 9.17) is 9.47 Å². The maximum Gasteiger partial charge on any atom is 0.254 e. The number of aromatic nitrogens is 1.